The summed E-state index contributed by atoms with van der Waals surface area (Å²) < 4.78 is 19.0. The number of aliphatic imine (C=N–C) groups is 1. The molecule has 3 rings (SSSR count). The summed E-state index contributed by atoms with van der Waals surface area (Å²) in [6, 6.07) is 13.4. The highest BCUT2D eigenvalue weighted by molar-refractivity contribution is 6.10. The smallest absolute Gasteiger partial charge is 0.258 e. The molecule has 0 bridgehead atoms. The summed E-state index contributed by atoms with van der Waals surface area (Å²) in [6.07, 6.45) is 2.89. The van der Waals surface area contributed by atoms with E-state index < -0.39 is 11.7 Å². The highest BCUT2D eigenvalue weighted by Gasteiger charge is 2.16. The first-order valence-electron chi connectivity index (χ1n) is 9.23. The van der Waals surface area contributed by atoms with E-state index >= 15 is 0 Å². The van der Waals surface area contributed by atoms with Crippen LogP contribution in [0.25, 0.3) is 0 Å². The molecule has 1 fully saturated rings. The molecule has 0 unspecified atom stereocenters. The summed E-state index contributed by atoms with van der Waals surface area (Å²) in [6.45, 7) is 3.27. The normalized spacial score (nSPS) is 17.0. The average molecular weight is 369 g/mol. The Morgan fingerprint density at radius 2 is 2.11 bits per heavy atom. The van der Waals surface area contributed by atoms with Crippen LogP contribution in [0.5, 0.6) is 0 Å². The Morgan fingerprint density at radius 3 is 2.85 bits per heavy atom. The number of nitrogens with one attached hydrogen (secondary N) is 2. The van der Waals surface area contributed by atoms with Gasteiger partial charge in [0.25, 0.3) is 5.91 Å². The van der Waals surface area contributed by atoms with E-state index in [1.54, 1.807) is 6.07 Å². The monoisotopic (exact) mass is 369 g/mol. The maximum atomic E-state index is 13.4. The van der Waals surface area contributed by atoms with Gasteiger partial charge < -0.3 is 10.1 Å². The molecule has 2 N–H and O–H groups in total. The molecular weight excluding hydrogens is 345 g/mol. The van der Waals surface area contributed by atoms with Crippen molar-refractivity contribution in [2.24, 2.45) is 4.99 Å². The van der Waals surface area contributed by atoms with Crippen LogP contribution in [-0.2, 0) is 11.2 Å². The third kappa shape index (κ3) is 5.37. The van der Waals surface area contributed by atoms with Gasteiger partial charge in [0.1, 0.15) is 5.82 Å². The standard InChI is InChI=1S/C21H24FN3O2/c1-2-15-7-3-4-11-19(15)24-21(23-14-18-10-6-12-27-18)25-20(26)16-8-5-9-17(22)13-16/h3-5,7-9,11,13,18H,2,6,10,12,14H2,1H3,(H2,23,24,25,26)/t18-/m1/s1. The zero-order valence-corrected chi connectivity index (χ0v) is 15.4. The minimum atomic E-state index is -0.454. The molecule has 1 aliphatic rings. The zero-order valence-electron chi connectivity index (χ0n) is 15.4. The van der Waals surface area contributed by atoms with Crippen molar-refractivity contribution in [3.8, 4) is 0 Å². The number of rotatable bonds is 5. The molecule has 1 heterocycles. The molecule has 6 heteroatoms. The lowest BCUT2D eigenvalue weighted by atomic mass is 10.1. The number of hydrogen-bond acceptors (Lipinski definition) is 3. The first-order valence-corrected chi connectivity index (χ1v) is 9.23. The van der Waals surface area contributed by atoms with Crippen LogP contribution >= 0.6 is 0 Å². The quantitative estimate of drug-likeness (QED) is 0.623. The molecule has 1 amide bonds. The van der Waals surface area contributed by atoms with Gasteiger partial charge in [0.2, 0.25) is 5.96 Å². The van der Waals surface area contributed by atoms with Crippen molar-refractivity contribution in [3.63, 3.8) is 0 Å². The van der Waals surface area contributed by atoms with Gasteiger partial charge in [0.15, 0.2) is 0 Å². The van der Waals surface area contributed by atoms with Crippen LogP contribution in [0, 0.1) is 5.82 Å². The van der Waals surface area contributed by atoms with Crippen molar-refractivity contribution in [1.82, 2.24) is 5.32 Å². The molecule has 2 aromatic carbocycles. The van der Waals surface area contributed by atoms with Crippen molar-refractivity contribution in [2.45, 2.75) is 32.3 Å². The summed E-state index contributed by atoms with van der Waals surface area (Å²) in [5.41, 5.74) is 2.23. The van der Waals surface area contributed by atoms with Gasteiger partial charge in [0.05, 0.1) is 12.6 Å². The lowest BCUT2D eigenvalue weighted by Crippen LogP contribution is -2.37. The molecular formula is C21H24FN3O2. The summed E-state index contributed by atoms with van der Waals surface area (Å²) in [5.74, 6) is -0.535. The Morgan fingerprint density at radius 1 is 1.26 bits per heavy atom. The van der Waals surface area contributed by atoms with Gasteiger partial charge in [-0.2, -0.15) is 0 Å². The second-order valence-corrected chi connectivity index (χ2v) is 6.42. The zero-order chi connectivity index (χ0) is 19.1. The molecule has 2 aromatic rings. The molecule has 0 saturated carbocycles. The molecule has 142 valence electrons. The van der Waals surface area contributed by atoms with Crippen molar-refractivity contribution < 1.29 is 13.9 Å². The summed E-state index contributed by atoms with van der Waals surface area (Å²) >= 11 is 0. The van der Waals surface area contributed by atoms with E-state index in [0.29, 0.717) is 12.5 Å². The highest BCUT2D eigenvalue weighted by atomic mass is 19.1. The number of benzene rings is 2. The van der Waals surface area contributed by atoms with Crippen molar-refractivity contribution in [3.05, 3.63) is 65.5 Å². The van der Waals surface area contributed by atoms with E-state index in [-0.39, 0.29) is 11.7 Å². The fraction of sp³-hybridized carbons (Fsp3) is 0.333. The van der Waals surface area contributed by atoms with Crippen LogP contribution in [0.3, 0.4) is 0 Å². The predicted molar refractivity (Wildman–Crippen MR) is 105 cm³/mol. The fourth-order valence-corrected chi connectivity index (χ4v) is 2.98. The number of para-hydroxylation sites is 1. The van der Waals surface area contributed by atoms with E-state index in [0.717, 1.165) is 37.1 Å². The van der Waals surface area contributed by atoms with Crippen LogP contribution in [-0.4, -0.2) is 31.1 Å². The van der Waals surface area contributed by atoms with E-state index in [1.165, 1.54) is 18.2 Å². The topological polar surface area (TPSA) is 62.7 Å². The Kier molecular flexibility index (Phi) is 6.54. The third-order valence-electron chi connectivity index (χ3n) is 4.45. The van der Waals surface area contributed by atoms with Crippen LogP contribution < -0.4 is 10.6 Å². The molecule has 0 aliphatic carbocycles. The number of ether oxygens (including phenoxy) is 1. The molecule has 0 spiro atoms. The minimum absolute atomic E-state index is 0.0642. The number of guanidine groups is 1. The Balaban J connectivity index is 1.78. The van der Waals surface area contributed by atoms with Crippen LogP contribution in [0.15, 0.2) is 53.5 Å². The van der Waals surface area contributed by atoms with Gasteiger partial charge in [-0.15, -0.1) is 0 Å². The second kappa shape index (κ2) is 9.28. The van der Waals surface area contributed by atoms with Crippen molar-refractivity contribution in [1.29, 1.82) is 0 Å². The first kappa shape index (κ1) is 19.0. The maximum Gasteiger partial charge on any atom is 0.258 e. The minimum Gasteiger partial charge on any atom is -0.376 e. The lowest BCUT2D eigenvalue weighted by molar-refractivity contribution is 0.0975. The Labute approximate surface area is 158 Å². The summed E-state index contributed by atoms with van der Waals surface area (Å²) in [4.78, 5) is 17.0. The molecule has 0 radical (unpaired) electrons. The number of aryl methyl sites for hydroxylation is 1. The first-order chi connectivity index (χ1) is 13.2. The number of carbonyl (C=O) groups is 1. The second-order valence-electron chi connectivity index (χ2n) is 6.42. The van der Waals surface area contributed by atoms with Crippen LogP contribution in [0.4, 0.5) is 10.1 Å². The number of hydrogen-bond donors (Lipinski definition) is 2. The number of nitrogens with zero attached hydrogens (tertiary/aromatic N) is 1. The lowest BCUT2D eigenvalue weighted by Gasteiger charge is -2.15. The molecule has 1 saturated heterocycles. The number of anilines is 1. The Hall–Kier alpha value is -2.73. The van der Waals surface area contributed by atoms with E-state index in [9.17, 15) is 9.18 Å². The van der Waals surface area contributed by atoms with E-state index in [1.807, 2.05) is 24.3 Å². The molecule has 0 aromatic heterocycles. The van der Waals surface area contributed by atoms with Crippen LogP contribution in [0.2, 0.25) is 0 Å². The number of carbonyl (C=O) groups excluding carboxylic acids is 1. The summed E-state index contributed by atoms with van der Waals surface area (Å²) in [5, 5.41) is 5.97. The van der Waals surface area contributed by atoms with E-state index in [4.69, 9.17) is 4.74 Å². The Bertz CT molecular complexity index is 817. The van der Waals surface area contributed by atoms with Gasteiger partial charge in [-0.3, -0.25) is 10.1 Å². The van der Waals surface area contributed by atoms with E-state index in [2.05, 4.69) is 22.5 Å². The molecule has 5 nitrogen and oxygen atoms in total. The van der Waals surface area contributed by atoms with Gasteiger partial charge in [-0.25, -0.2) is 9.38 Å². The van der Waals surface area contributed by atoms with Gasteiger partial charge in [-0.1, -0.05) is 31.2 Å². The predicted octanol–water partition coefficient (Wildman–Crippen LogP) is 3.77. The van der Waals surface area contributed by atoms with Gasteiger partial charge in [0, 0.05) is 17.9 Å². The van der Waals surface area contributed by atoms with Crippen LogP contribution in [0.1, 0.15) is 35.7 Å². The largest absolute Gasteiger partial charge is 0.376 e. The SMILES string of the molecule is CCc1ccccc1NC(=NC[C@H]1CCCO1)NC(=O)c1cccc(F)c1. The van der Waals surface area contributed by atoms with Gasteiger partial charge in [-0.05, 0) is 49.1 Å². The highest BCUT2D eigenvalue weighted by Crippen LogP contribution is 2.16. The van der Waals surface area contributed by atoms with Crippen molar-refractivity contribution >= 4 is 17.6 Å². The number of halogens is 1. The van der Waals surface area contributed by atoms with Gasteiger partial charge >= 0.3 is 0 Å². The maximum absolute atomic E-state index is 13.4. The third-order valence-corrected chi connectivity index (χ3v) is 4.45. The fourth-order valence-electron chi connectivity index (χ4n) is 2.98. The average Bonchev–Trinajstić information content (AvgIpc) is 3.20. The summed E-state index contributed by atoms with van der Waals surface area (Å²) in [7, 11) is 0. The molecule has 1 atom stereocenters. The molecule has 27 heavy (non-hydrogen) atoms. The molecule has 1 aliphatic heterocycles. The van der Waals surface area contributed by atoms with Crippen molar-refractivity contribution in [2.75, 3.05) is 18.5 Å². The number of amides is 1.